The predicted molar refractivity (Wildman–Crippen MR) is 171 cm³/mol. The van der Waals surface area contributed by atoms with E-state index in [1.807, 2.05) is 55.1 Å². The standard InChI is InChI=1S/C33H36F4N8O/c1-20-10-28(34)27(14-26(20)30-16-38-31-29(6-5-8-45(30)31)40-24-15-39-43(4)18-24)32(46)41-23-12-21(11-22(13-23)33(35,36)37)17-44-9-7-25(19-44)42(2)3/h5-6,8,10-16,24-25,40H,7,9,17-19H2,1-4H3,(H,41,46). The van der Waals surface area contributed by atoms with E-state index in [0.29, 0.717) is 47.2 Å². The first-order valence-electron chi connectivity index (χ1n) is 15.1. The maximum Gasteiger partial charge on any atom is 0.416 e. The lowest BCUT2D eigenvalue weighted by atomic mass is 10.0. The number of imidazole rings is 1. The van der Waals surface area contributed by atoms with Gasteiger partial charge in [-0.1, -0.05) is 0 Å². The number of alkyl halides is 3. The second-order valence-electron chi connectivity index (χ2n) is 12.3. The van der Waals surface area contributed by atoms with Gasteiger partial charge in [-0.25, -0.2) is 9.37 Å². The molecule has 2 aromatic carbocycles. The molecular weight excluding hydrogens is 600 g/mol. The molecule has 1 saturated heterocycles. The molecule has 0 radical (unpaired) electrons. The Bertz CT molecular complexity index is 1800. The molecule has 9 nitrogen and oxygen atoms in total. The van der Waals surface area contributed by atoms with Crippen molar-refractivity contribution in [3.05, 3.63) is 82.9 Å². The van der Waals surface area contributed by atoms with Gasteiger partial charge in [-0.3, -0.25) is 19.1 Å². The minimum atomic E-state index is -4.62. The molecule has 1 fully saturated rings. The van der Waals surface area contributed by atoms with Crippen LogP contribution < -0.4 is 10.6 Å². The third kappa shape index (κ3) is 6.56. The van der Waals surface area contributed by atoms with Crippen molar-refractivity contribution in [1.29, 1.82) is 0 Å². The van der Waals surface area contributed by atoms with Crippen molar-refractivity contribution in [2.45, 2.75) is 38.1 Å². The van der Waals surface area contributed by atoms with E-state index in [-0.39, 0.29) is 17.3 Å². The summed E-state index contributed by atoms with van der Waals surface area (Å²) in [6, 6.07) is 10.3. The van der Waals surface area contributed by atoms with Crippen LogP contribution in [-0.4, -0.2) is 89.2 Å². The summed E-state index contributed by atoms with van der Waals surface area (Å²) in [4.78, 5) is 22.2. The third-order valence-electron chi connectivity index (χ3n) is 8.58. The number of aryl methyl sites for hydroxylation is 1. The first kappa shape index (κ1) is 31.5. The molecular formula is C33H36F4N8O. The van der Waals surface area contributed by atoms with Crippen molar-refractivity contribution in [3.63, 3.8) is 0 Å². The van der Waals surface area contributed by atoms with Gasteiger partial charge in [0.15, 0.2) is 5.65 Å². The maximum absolute atomic E-state index is 15.3. The van der Waals surface area contributed by atoms with Crippen LogP contribution in [0.2, 0.25) is 0 Å². The molecule has 2 unspecified atom stereocenters. The summed E-state index contributed by atoms with van der Waals surface area (Å²) >= 11 is 0. The van der Waals surface area contributed by atoms with Crippen LogP contribution in [-0.2, 0) is 12.7 Å². The fraction of sp³-hybridized carbons (Fsp3) is 0.364. The number of hydrazone groups is 1. The molecule has 2 aromatic heterocycles. The predicted octanol–water partition coefficient (Wildman–Crippen LogP) is 5.57. The summed E-state index contributed by atoms with van der Waals surface area (Å²) in [6.07, 6.45) is 1.59. The number of likely N-dealkylation sites (tertiary alicyclic amines) is 1. The normalized spacial score (nSPS) is 18.7. The Labute approximate surface area is 264 Å². The monoisotopic (exact) mass is 636 g/mol. The fourth-order valence-corrected chi connectivity index (χ4v) is 6.15. The van der Waals surface area contributed by atoms with Crippen LogP contribution in [0.5, 0.6) is 0 Å². The van der Waals surface area contributed by atoms with Crippen LogP contribution in [0.25, 0.3) is 16.9 Å². The number of anilines is 2. The van der Waals surface area contributed by atoms with Crippen molar-refractivity contribution >= 4 is 29.1 Å². The Balaban J connectivity index is 1.28. The molecule has 13 heteroatoms. The average molecular weight is 637 g/mol. The highest BCUT2D eigenvalue weighted by Crippen LogP contribution is 2.34. The zero-order chi connectivity index (χ0) is 32.7. The highest BCUT2D eigenvalue weighted by molar-refractivity contribution is 6.05. The van der Waals surface area contributed by atoms with Gasteiger partial charge >= 0.3 is 6.18 Å². The van der Waals surface area contributed by atoms with E-state index in [9.17, 15) is 18.0 Å². The Morgan fingerprint density at radius 2 is 1.93 bits per heavy atom. The number of nitrogens with zero attached hydrogens (tertiary/aromatic N) is 6. The van der Waals surface area contributed by atoms with Crippen LogP contribution >= 0.6 is 0 Å². The van der Waals surface area contributed by atoms with Gasteiger partial charge in [0.2, 0.25) is 0 Å². The van der Waals surface area contributed by atoms with Gasteiger partial charge in [-0.2, -0.15) is 18.3 Å². The number of amides is 1. The molecule has 242 valence electrons. The number of benzene rings is 2. The van der Waals surface area contributed by atoms with Crippen molar-refractivity contribution in [2.24, 2.45) is 5.10 Å². The van der Waals surface area contributed by atoms with Crippen LogP contribution in [0.1, 0.15) is 33.5 Å². The van der Waals surface area contributed by atoms with Crippen molar-refractivity contribution in [1.82, 2.24) is 24.2 Å². The Kier molecular flexibility index (Phi) is 8.47. The smallest absolute Gasteiger partial charge is 0.372 e. The number of nitrogens with one attached hydrogen (secondary N) is 2. The SMILES string of the molecule is Cc1cc(F)c(C(=O)Nc2cc(CN3CCC(N(C)C)C3)cc(C(F)(F)F)c2)cc1-c1cnc2c(NC3C=NN(C)C3)cccn12. The molecule has 0 bridgehead atoms. The summed E-state index contributed by atoms with van der Waals surface area (Å²) in [7, 11) is 5.85. The van der Waals surface area contributed by atoms with Gasteiger partial charge < -0.3 is 15.5 Å². The van der Waals surface area contributed by atoms with Crippen molar-refractivity contribution in [2.75, 3.05) is 51.4 Å². The number of pyridine rings is 1. The number of carbonyl (C=O) groups excluding carboxylic acids is 1. The Morgan fingerprint density at radius 1 is 1.13 bits per heavy atom. The van der Waals surface area contributed by atoms with Crippen molar-refractivity contribution in [3.8, 4) is 11.3 Å². The number of rotatable bonds is 8. The summed E-state index contributed by atoms with van der Waals surface area (Å²) in [5.41, 5.74) is 2.39. The molecule has 4 aromatic rings. The number of fused-ring (bicyclic) bond motifs is 1. The van der Waals surface area contributed by atoms with Crippen LogP contribution in [0.15, 0.2) is 60.0 Å². The number of aromatic nitrogens is 2. The molecule has 1 amide bonds. The van der Waals surface area contributed by atoms with E-state index in [0.717, 1.165) is 37.3 Å². The lowest BCUT2D eigenvalue weighted by Gasteiger charge is -2.21. The average Bonchev–Trinajstić information content (AvgIpc) is 3.73. The molecule has 2 aliphatic heterocycles. The molecule has 46 heavy (non-hydrogen) atoms. The summed E-state index contributed by atoms with van der Waals surface area (Å²) in [5.74, 6) is -1.63. The maximum atomic E-state index is 15.3. The first-order valence-corrected chi connectivity index (χ1v) is 15.1. The van der Waals surface area contributed by atoms with Crippen molar-refractivity contribution < 1.29 is 22.4 Å². The van der Waals surface area contributed by atoms with Gasteiger partial charge in [0.05, 0.1) is 41.3 Å². The molecule has 6 rings (SSSR count). The van der Waals surface area contributed by atoms with Gasteiger partial charge in [0, 0.05) is 56.4 Å². The molecule has 0 spiro atoms. The minimum absolute atomic E-state index is 0.000817. The van der Waals surface area contributed by atoms with Gasteiger partial charge in [0.25, 0.3) is 5.91 Å². The van der Waals surface area contributed by atoms with E-state index in [2.05, 4.69) is 30.5 Å². The first-order chi connectivity index (χ1) is 21.9. The second kappa shape index (κ2) is 12.4. The zero-order valence-corrected chi connectivity index (χ0v) is 26.1. The molecule has 2 atom stereocenters. The molecule has 2 N–H and O–H groups in total. The zero-order valence-electron chi connectivity index (χ0n) is 26.1. The second-order valence-corrected chi connectivity index (χ2v) is 12.3. The molecule has 4 heterocycles. The van der Waals surface area contributed by atoms with E-state index < -0.39 is 23.5 Å². The third-order valence-corrected chi connectivity index (χ3v) is 8.58. The fourth-order valence-electron chi connectivity index (χ4n) is 6.15. The lowest BCUT2D eigenvalue weighted by molar-refractivity contribution is -0.137. The minimum Gasteiger partial charge on any atom is -0.372 e. The van der Waals surface area contributed by atoms with Gasteiger partial charge in [0.1, 0.15) is 5.82 Å². The highest BCUT2D eigenvalue weighted by atomic mass is 19.4. The molecule has 0 saturated carbocycles. The quantitative estimate of drug-likeness (QED) is 0.247. The topological polar surface area (TPSA) is 80.5 Å². The number of likely N-dealkylation sites (N-methyl/N-ethyl adjacent to an activating group) is 2. The summed E-state index contributed by atoms with van der Waals surface area (Å²) in [5, 5.41) is 12.0. The largest absolute Gasteiger partial charge is 0.416 e. The van der Waals surface area contributed by atoms with Crippen LogP contribution in [0.4, 0.5) is 28.9 Å². The number of halogens is 4. The lowest BCUT2D eigenvalue weighted by Crippen LogP contribution is -2.31. The van der Waals surface area contributed by atoms with E-state index in [1.54, 1.807) is 13.1 Å². The number of hydrogen-bond donors (Lipinski definition) is 2. The molecule has 0 aliphatic carbocycles. The Morgan fingerprint density at radius 3 is 2.63 bits per heavy atom. The van der Waals surface area contributed by atoms with Crippen LogP contribution in [0.3, 0.4) is 0 Å². The summed E-state index contributed by atoms with van der Waals surface area (Å²) < 4.78 is 58.8. The molecule has 2 aliphatic rings. The van der Waals surface area contributed by atoms with Gasteiger partial charge in [-0.15, -0.1) is 0 Å². The number of carbonyl (C=O) groups is 1. The van der Waals surface area contributed by atoms with E-state index in [1.165, 1.54) is 18.2 Å². The van der Waals surface area contributed by atoms with Gasteiger partial charge in [-0.05, 0) is 81.0 Å². The number of hydrogen-bond acceptors (Lipinski definition) is 7. The summed E-state index contributed by atoms with van der Waals surface area (Å²) in [6.45, 7) is 4.22. The van der Waals surface area contributed by atoms with E-state index in [4.69, 9.17) is 0 Å². The van der Waals surface area contributed by atoms with E-state index >= 15 is 4.39 Å². The van der Waals surface area contributed by atoms with Crippen LogP contribution in [0, 0.1) is 12.7 Å². The highest BCUT2D eigenvalue weighted by Gasteiger charge is 2.32. The Hall–Kier alpha value is -4.49.